The first-order valence-electron chi connectivity index (χ1n) is 10.8. The summed E-state index contributed by atoms with van der Waals surface area (Å²) in [6, 6.07) is 6.60. The van der Waals surface area contributed by atoms with Gasteiger partial charge in [0, 0.05) is 24.2 Å². The number of allylic oxidation sites excluding steroid dienone is 1. The van der Waals surface area contributed by atoms with Crippen LogP contribution < -0.4 is 4.74 Å². The lowest BCUT2D eigenvalue weighted by atomic mass is 9.55. The van der Waals surface area contributed by atoms with E-state index < -0.39 is 0 Å². The molecule has 0 bridgehead atoms. The molecule has 1 heterocycles. The Hall–Kier alpha value is -2.36. The highest BCUT2D eigenvalue weighted by Crippen LogP contribution is 2.60. The first-order chi connectivity index (χ1) is 13.9. The molecule has 4 nitrogen and oxygen atoms in total. The Kier molecular flexibility index (Phi) is 4.23. The Morgan fingerprint density at radius 2 is 2.14 bits per heavy atom. The molecule has 0 spiro atoms. The molecule has 3 aliphatic carbocycles. The van der Waals surface area contributed by atoms with Gasteiger partial charge < -0.3 is 4.74 Å². The van der Waals surface area contributed by atoms with E-state index in [2.05, 4.69) is 36.3 Å². The molecule has 3 aliphatic rings. The van der Waals surface area contributed by atoms with Crippen molar-refractivity contribution in [1.82, 2.24) is 9.78 Å². The Morgan fingerprint density at radius 3 is 2.86 bits per heavy atom. The summed E-state index contributed by atoms with van der Waals surface area (Å²) in [5.41, 5.74) is 5.82. The van der Waals surface area contributed by atoms with E-state index in [-0.39, 0.29) is 5.41 Å². The standard InChI is InChI=1S/C25H30N2O2/c1-15-18(14-27(3)26-15)11-17-13-23-22-7-5-16-12-19(29-4)6-8-20(16)21(22)9-10-25(23,2)24(17)28/h6,8,11-12,14,21-23H,5,7,9-10,13H2,1-4H3/b17-11+/t21-,22-,23+,25-/m1/s1. The fourth-order valence-electron chi connectivity index (χ4n) is 6.43. The number of benzene rings is 1. The zero-order valence-corrected chi connectivity index (χ0v) is 17.9. The third-order valence-electron chi connectivity index (χ3n) is 7.95. The van der Waals surface area contributed by atoms with E-state index in [1.165, 1.54) is 17.5 Å². The van der Waals surface area contributed by atoms with Crippen molar-refractivity contribution in [3.63, 3.8) is 0 Å². The molecular formula is C25H30N2O2. The van der Waals surface area contributed by atoms with Gasteiger partial charge >= 0.3 is 0 Å². The maximum Gasteiger partial charge on any atom is 0.165 e. The number of aromatic nitrogens is 2. The van der Waals surface area contributed by atoms with Crippen molar-refractivity contribution in [2.24, 2.45) is 24.3 Å². The molecule has 152 valence electrons. The number of methoxy groups -OCH3 is 1. The van der Waals surface area contributed by atoms with Gasteiger partial charge in [-0.05, 0) is 91.7 Å². The lowest BCUT2D eigenvalue weighted by Crippen LogP contribution is -2.42. The summed E-state index contributed by atoms with van der Waals surface area (Å²) in [7, 11) is 3.67. The number of rotatable bonds is 2. The van der Waals surface area contributed by atoms with Crippen molar-refractivity contribution in [3.05, 3.63) is 52.4 Å². The van der Waals surface area contributed by atoms with Crippen LogP contribution in [0.4, 0.5) is 0 Å². The van der Waals surface area contributed by atoms with Gasteiger partial charge in [0.05, 0.1) is 12.8 Å². The van der Waals surface area contributed by atoms with Crippen LogP contribution in [0.2, 0.25) is 0 Å². The van der Waals surface area contributed by atoms with Crippen LogP contribution >= 0.6 is 0 Å². The van der Waals surface area contributed by atoms with Crippen molar-refractivity contribution in [1.29, 1.82) is 0 Å². The van der Waals surface area contributed by atoms with E-state index in [1.54, 1.807) is 7.11 Å². The molecular weight excluding hydrogens is 360 g/mol. The zero-order valence-electron chi connectivity index (χ0n) is 17.9. The number of nitrogens with zero attached hydrogens (tertiary/aromatic N) is 2. The number of hydrogen-bond donors (Lipinski definition) is 0. The molecule has 2 fully saturated rings. The highest BCUT2D eigenvalue weighted by molar-refractivity contribution is 6.06. The van der Waals surface area contributed by atoms with Gasteiger partial charge in [-0.15, -0.1) is 0 Å². The molecule has 1 aromatic carbocycles. The van der Waals surface area contributed by atoms with Crippen molar-refractivity contribution in [2.45, 2.75) is 51.9 Å². The lowest BCUT2D eigenvalue weighted by Gasteiger charge is -2.48. The van der Waals surface area contributed by atoms with Crippen LogP contribution in [0.1, 0.15) is 60.9 Å². The van der Waals surface area contributed by atoms with Crippen molar-refractivity contribution in [3.8, 4) is 5.75 Å². The van der Waals surface area contributed by atoms with Gasteiger partial charge in [0.25, 0.3) is 0 Å². The maximum atomic E-state index is 13.5. The molecule has 0 N–H and O–H groups in total. The third kappa shape index (κ3) is 2.79. The van der Waals surface area contributed by atoms with Gasteiger partial charge in [-0.3, -0.25) is 9.48 Å². The number of carbonyl (C=O) groups is 1. The predicted molar refractivity (Wildman–Crippen MR) is 114 cm³/mol. The summed E-state index contributed by atoms with van der Waals surface area (Å²) in [5, 5.41) is 4.44. The van der Waals surface area contributed by atoms with Crippen molar-refractivity contribution >= 4 is 11.9 Å². The summed E-state index contributed by atoms with van der Waals surface area (Å²) in [5.74, 6) is 2.96. The Labute approximate surface area is 173 Å². The minimum absolute atomic E-state index is 0.201. The second-order valence-corrected chi connectivity index (χ2v) is 9.48. The van der Waals surface area contributed by atoms with Crippen LogP contribution in [-0.4, -0.2) is 22.7 Å². The molecule has 0 amide bonds. The summed E-state index contributed by atoms with van der Waals surface area (Å²) in [4.78, 5) is 13.5. The average Bonchev–Trinajstić information content (AvgIpc) is 3.17. The van der Waals surface area contributed by atoms with Gasteiger partial charge in [-0.25, -0.2) is 0 Å². The van der Waals surface area contributed by atoms with E-state index in [0.29, 0.717) is 23.5 Å². The first-order valence-corrected chi connectivity index (χ1v) is 10.8. The fourth-order valence-corrected chi connectivity index (χ4v) is 6.43. The molecule has 0 radical (unpaired) electrons. The van der Waals surface area contributed by atoms with Crippen LogP contribution in [0.25, 0.3) is 6.08 Å². The van der Waals surface area contributed by atoms with E-state index in [0.717, 1.165) is 48.3 Å². The Bertz CT molecular complexity index is 1020. The van der Waals surface area contributed by atoms with Crippen LogP contribution in [0, 0.1) is 24.2 Å². The van der Waals surface area contributed by atoms with E-state index in [4.69, 9.17) is 4.74 Å². The predicted octanol–water partition coefficient (Wildman–Crippen LogP) is 4.86. The van der Waals surface area contributed by atoms with Crippen LogP contribution in [-0.2, 0) is 18.3 Å². The molecule has 2 saturated carbocycles. The monoisotopic (exact) mass is 390 g/mol. The highest BCUT2D eigenvalue weighted by atomic mass is 16.5. The Balaban J connectivity index is 1.48. The van der Waals surface area contributed by atoms with Gasteiger partial charge in [-0.2, -0.15) is 5.10 Å². The quantitative estimate of drug-likeness (QED) is 0.688. The topological polar surface area (TPSA) is 44.1 Å². The SMILES string of the molecule is COc1ccc2c(c1)CC[C@@H]1[C@@H]2CC[C@@]2(C)C(=O)/C(=C/c3cn(C)nc3C)C[C@@H]12. The van der Waals surface area contributed by atoms with Crippen LogP contribution in [0.15, 0.2) is 30.0 Å². The molecule has 2 aromatic rings. The molecule has 5 rings (SSSR count). The van der Waals surface area contributed by atoms with Crippen LogP contribution in [0.3, 0.4) is 0 Å². The molecule has 4 atom stereocenters. The molecule has 1 aromatic heterocycles. The summed E-state index contributed by atoms with van der Waals surface area (Å²) < 4.78 is 7.27. The second kappa shape index (κ2) is 6.58. The summed E-state index contributed by atoms with van der Waals surface area (Å²) in [6.07, 6.45) is 9.43. The maximum absolute atomic E-state index is 13.5. The minimum Gasteiger partial charge on any atom is -0.497 e. The third-order valence-corrected chi connectivity index (χ3v) is 7.95. The number of ketones is 1. The minimum atomic E-state index is -0.201. The number of fused-ring (bicyclic) bond motifs is 5. The number of Topliss-reactive ketones (excluding diaryl/α,β-unsaturated/α-hetero) is 1. The molecule has 0 saturated heterocycles. The normalized spacial score (nSPS) is 32.1. The lowest BCUT2D eigenvalue weighted by molar-refractivity contribution is -0.127. The van der Waals surface area contributed by atoms with Gasteiger partial charge in [-0.1, -0.05) is 13.0 Å². The van der Waals surface area contributed by atoms with Gasteiger partial charge in [0.2, 0.25) is 0 Å². The highest BCUT2D eigenvalue weighted by Gasteiger charge is 2.56. The second-order valence-electron chi connectivity index (χ2n) is 9.48. The average molecular weight is 391 g/mol. The molecule has 4 heteroatoms. The number of carbonyl (C=O) groups excluding carboxylic acids is 1. The first kappa shape index (κ1) is 18.7. The van der Waals surface area contributed by atoms with E-state index in [1.807, 2.05) is 24.9 Å². The van der Waals surface area contributed by atoms with E-state index in [9.17, 15) is 4.79 Å². The van der Waals surface area contributed by atoms with E-state index >= 15 is 0 Å². The number of aryl methyl sites for hydroxylation is 3. The van der Waals surface area contributed by atoms with Gasteiger partial charge in [0.1, 0.15) is 5.75 Å². The fraction of sp³-hybridized carbons (Fsp3) is 0.520. The molecule has 0 unspecified atom stereocenters. The Morgan fingerprint density at radius 1 is 1.31 bits per heavy atom. The zero-order chi connectivity index (χ0) is 20.3. The summed E-state index contributed by atoms with van der Waals surface area (Å²) >= 11 is 0. The largest absolute Gasteiger partial charge is 0.497 e. The number of ether oxygens (including phenoxy) is 1. The smallest absolute Gasteiger partial charge is 0.165 e. The molecule has 0 aliphatic heterocycles. The number of hydrogen-bond acceptors (Lipinski definition) is 3. The van der Waals surface area contributed by atoms with Crippen LogP contribution in [0.5, 0.6) is 5.75 Å². The summed E-state index contributed by atoms with van der Waals surface area (Å²) in [6.45, 7) is 4.25. The van der Waals surface area contributed by atoms with Crippen molar-refractivity contribution in [2.75, 3.05) is 7.11 Å². The molecule has 29 heavy (non-hydrogen) atoms. The van der Waals surface area contributed by atoms with Gasteiger partial charge in [0.15, 0.2) is 5.78 Å². The van der Waals surface area contributed by atoms with Crippen molar-refractivity contribution < 1.29 is 9.53 Å².